The molecule has 1 N–H and O–H groups in total. The van der Waals surface area contributed by atoms with Crippen molar-refractivity contribution in [3.63, 3.8) is 0 Å². The van der Waals surface area contributed by atoms with Gasteiger partial charge in [-0.2, -0.15) is 13.2 Å². The Morgan fingerprint density at radius 2 is 1.79 bits per heavy atom. The number of carbonyl (C=O) groups is 2. The number of carbonyl (C=O) groups excluding carboxylic acids is 2. The molecule has 0 aromatic heterocycles. The fourth-order valence-corrected chi connectivity index (χ4v) is 5.26. The summed E-state index contributed by atoms with van der Waals surface area (Å²) in [5.41, 5.74) is 1.18. The number of fused-ring (bicyclic) bond motifs is 3. The number of hydrogen-bond donors (Lipinski definition) is 1. The first-order valence-corrected chi connectivity index (χ1v) is 10.2. The third kappa shape index (κ3) is 3.63. The van der Waals surface area contributed by atoms with Crippen molar-refractivity contribution in [2.75, 3.05) is 18.1 Å². The molecule has 1 aliphatic carbocycles. The molecule has 1 saturated carbocycles. The number of benzene rings is 1. The fraction of sp³-hybridized carbons (Fsp3) is 0.619. The van der Waals surface area contributed by atoms with E-state index in [0.29, 0.717) is 5.69 Å². The third-order valence-electron chi connectivity index (χ3n) is 6.55. The SMILES string of the molecule is O=C(CC(F)(F)F)N1C[C@H]2[C@@H](c3ccccc31)[C@@H](CO)N2C(=O)C1CCCCC1. The fourth-order valence-electron chi connectivity index (χ4n) is 5.26. The number of halogens is 3. The van der Waals surface area contributed by atoms with Crippen LogP contribution < -0.4 is 4.90 Å². The summed E-state index contributed by atoms with van der Waals surface area (Å²) in [6, 6.07) is 6.09. The Morgan fingerprint density at radius 3 is 2.45 bits per heavy atom. The molecule has 3 aliphatic rings. The van der Waals surface area contributed by atoms with Gasteiger partial charge in [0.05, 0.1) is 18.7 Å². The first-order chi connectivity index (χ1) is 13.8. The van der Waals surface area contributed by atoms with Gasteiger partial charge in [0, 0.05) is 24.1 Å². The quantitative estimate of drug-likeness (QED) is 0.833. The van der Waals surface area contributed by atoms with Gasteiger partial charge in [0.2, 0.25) is 11.8 Å². The number of amides is 2. The van der Waals surface area contributed by atoms with E-state index in [2.05, 4.69) is 0 Å². The number of aliphatic hydroxyl groups is 1. The smallest absolute Gasteiger partial charge is 0.394 e. The van der Waals surface area contributed by atoms with Gasteiger partial charge < -0.3 is 14.9 Å². The van der Waals surface area contributed by atoms with Gasteiger partial charge in [-0.15, -0.1) is 0 Å². The average Bonchev–Trinajstić information content (AvgIpc) is 2.67. The molecule has 2 fully saturated rings. The topological polar surface area (TPSA) is 60.9 Å². The summed E-state index contributed by atoms with van der Waals surface area (Å²) in [5.74, 6) is -1.32. The van der Waals surface area contributed by atoms with E-state index < -0.39 is 30.6 Å². The number of aliphatic hydroxyl groups excluding tert-OH is 1. The van der Waals surface area contributed by atoms with Gasteiger partial charge in [0.25, 0.3) is 0 Å². The van der Waals surface area contributed by atoms with Crippen LogP contribution in [0, 0.1) is 5.92 Å². The molecule has 0 spiro atoms. The Balaban J connectivity index is 1.63. The van der Waals surface area contributed by atoms with Crippen LogP contribution >= 0.6 is 0 Å². The van der Waals surface area contributed by atoms with Crippen molar-refractivity contribution in [3.05, 3.63) is 29.8 Å². The molecule has 1 aromatic rings. The summed E-state index contributed by atoms with van der Waals surface area (Å²) < 4.78 is 38.5. The lowest BCUT2D eigenvalue weighted by Crippen LogP contribution is -2.71. The summed E-state index contributed by atoms with van der Waals surface area (Å²) in [7, 11) is 0. The van der Waals surface area contributed by atoms with Crippen LogP contribution in [-0.4, -0.2) is 53.2 Å². The molecule has 2 aliphatic heterocycles. The van der Waals surface area contributed by atoms with Gasteiger partial charge in [-0.1, -0.05) is 37.5 Å². The summed E-state index contributed by atoms with van der Waals surface area (Å²) in [4.78, 5) is 28.4. The van der Waals surface area contributed by atoms with Crippen molar-refractivity contribution >= 4 is 17.5 Å². The van der Waals surface area contributed by atoms with E-state index in [1.165, 1.54) is 4.90 Å². The zero-order chi connectivity index (χ0) is 20.8. The maximum absolute atomic E-state index is 13.2. The van der Waals surface area contributed by atoms with Crippen molar-refractivity contribution in [2.45, 2.75) is 62.7 Å². The summed E-state index contributed by atoms with van der Waals surface area (Å²) >= 11 is 0. The standard InChI is InChI=1S/C21H25F3N2O3/c22-21(23,24)10-18(28)25-11-16-19(14-8-4-5-9-15(14)25)17(12-27)26(16)20(29)13-6-2-1-3-7-13/h4-5,8-9,13,16-17,19,27H,1-3,6-7,10-12H2/t16-,17+,19+/m0/s1. The highest BCUT2D eigenvalue weighted by Gasteiger charge is 2.56. The number of alkyl halides is 3. The number of nitrogens with zero attached hydrogens (tertiary/aromatic N) is 2. The van der Waals surface area contributed by atoms with Gasteiger partial charge >= 0.3 is 6.18 Å². The van der Waals surface area contributed by atoms with Crippen LogP contribution in [0.2, 0.25) is 0 Å². The molecular weight excluding hydrogens is 385 g/mol. The molecule has 2 heterocycles. The maximum Gasteiger partial charge on any atom is 0.397 e. The Labute approximate surface area is 167 Å². The van der Waals surface area contributed by atoms with Crippen molar-refractivity contribution in [1.29, 1.82) is 0 Å². The first kappa shape index (κ1) is 20.2. The molecule has 1 saturated heterocycles. The van der Waals surface area contributed by atoms with E-state index in [-0.39, 0.29) is 30.9 Å². The molecule has 2 amide bonds. The summed E-state index contributed by atoms with van der Waals surface area (Å²) in [5, 5.41) is 9.97. The molecule has 4 rings (SSSR count). The minimum absolute atomic E-state index is 0.0333. The van der Waals surface area contributed by atoms with E-state index in [4.69, 9.17) is 0 Å². The van der Waals surface area contributed by atoms with Gasteiger partial charge in [-0.3, -0.25) is 9.59 Å². The monoisotopic (exact) mass is 410 g/mol. The maximum atomic E-state index is 13.2. The molecule has 158 valence electrons. The molecule has 5 nitrogen and oxygen atoms in total. The normalized spacial score (nSPS) is 27.1. The molecule has 0 radical (unpaired) electrons. The lowest BCUT2D eigenvalue weighted by Gasteiger charge is -2.59. The number of anilines is 1. The van der Waals surface area contributed by atoms with E-state index in [9.17, 15) is 27.9 Å². The van der Waals surface area contributed by atoms with Crippen LogP contribution in [-0.2, 0) is 9.59 Å². The molecule has 1 aromatic carbocycles. The van der Waals surface area contributed by atoms with Crippen LogP contribution in [0.1, 0.15) is 50.0 Å². The molecule has 0 unspecified atom stereocenters. The number of rotatable bonds is 3. The zero-order valence-electron chi connectivity index (χ0n) is 16.1. The van der Waals surface area contributed by atoms with Crippen LogP contribution in [0.5, 0.6) is 0 Å². The Hall–Kier alpha value is -2.09. The van der Waals surface area contributed by atoms with Gasteiger partial charge in [-0.05, 0) is 24.5 Å². The summed E-state index contributed by atoms with van der Waals surface area (Å²) in [6.07, 6.45) is -1.43. The van der Waals surface area contributed by atoms with E-state index >= 15 is 0 Å². The van der Waals surface area contributed by atoms with Gasteiger partial charge in [0.15, 0.2) is 0 Å². The zero-order valence-corrected chi connectivity index (χ0v) is 16.1. The highest BCUT2D eigenvalue weighted by Crippen LogP contribution is 2.49. The lowest BCUT2D eigenvalue weighted by atomic mass is 9.70. The van der Waals surface area contributed by atoms with Crippen molar-refractivity contribution in [1.82, 2.24) is 4.90 Å². The Kier molecular flexibility index (Phi) is 5.31. The van der Waals surface area contributed by atoms with Crippen molar-refractivity contribution in [2.24, 2.45) is 5.92 Å². The van der Waals surface area contributed by atoms with Crippen LogP contribution in [0.15, 0.2) is 24.3 Å². The third-order valence-corrected chi connectivity index (χ3v) is 6.55. The number of hydrogen-bond acceptors (Lipinski definition) is 3. The first-order valence-electron chi connectivity index (χ1n) is 10.2. The summed E-state index contributed by atoms with van der Waals surface area (Å²) in [6.45, 7) is -0.171. The lowest BCUT2D eigenvalue weighted by molar-refractivity contribution is -0.159. The predicted molar refractivity (Wildman–Crippen MR) is 100 cm³/mol. The van der Waals surface area contributed by atoms with Crippen molar-refractivity contribution < 1.29 is 27.9 Å². The highest BCUT2D eigenvalue weighted by atomic mass is 19.4. The van der Waals surface area contributed by atoms with Crippen LogP contribution in [0.3, 0.4) is 0 Å². The highest BCUT2D eigenvalue weighted by molar-refractivity contribution is 5.96. The second kappa shape index (κ2) is 7.63. The van der Waals surface area contributed by atoms with E-state index in [0.717, 1.165) is 37.7 Å². The molecule has 29 heavy (non-hydrogen) atoms. The van der Waals surface area contributed by atoms with Crippen LogP contribution in [0.25, 0.3) is 0 Å². The molecule has 0 bridgehead atoms. The predicted octanol–water partition coefficient (Wildman–Crippen LogP) is 3.22. The minimum atomic E-state index is -4.59. The number of para-hydroxylation sites is 1. The average molecular weight is 410 g/mol. The van der Waals surface area contributed by atoms with Crippen LogP contribution in [0.4, 0.5) is 18.9 Å². The molecular formula is C21H25F3N2O3. The van der Waals surface area contributed by atoms with E-state index in [1.54, 1.807) is 29.2 Å². The largest absolute Gasteiger partial charge is 0.397 e. The van der Waals surface area contributed by atoms with Gasteiger partial charge in [-0.25, -0.2) is 0 Å². The molecule has 8 heteroatoms. The second-order valence-electron chi connectivity index (χ2n) is 8.28. The Morgan fingerprint density at radius 1 is 1.10 bits per heavy atom. The van der Waals surface area contributed by atoms with Gasteiger partial charge in [0.1, 0.15) is 6.42 Å². The second-order valence-corrected chi connectivity index (χ2v) is 8.28. The van der Waals surface area contributed by atoms with E-state index in [1.807, 2.05) is 0 Å². The minimum Gasteiger partial charge on any atom is -0.394 e. The molecule has 3 atom stereocenters. The Bertz CT molecular complexity index is 792. The van der Waals surface area contributed by atoms with Crippen molar-refractivity contribution in [3.8, 4) is 0 Å². The number of likely N-dealkylation sites (tertiary alicyclic amines) is 1.